The summed E-state index contributed by atoms with van der Waals surface area (Å²) in [5.41, 5.74) is -6.51. The second-order valence-electron chi connectivity index (χ2n) is 5.57. The average Bonchev–Trinajstić information content (AvgIpc) is 2.42. The third kappa shape index (κ3) is 15.1. The van der Waals surface area contributed by atoms with Gasteiger partial charge in [0.25, 0.3) is 0 Å². The number of hydrogen-bond acceptors (Lipinski definition) is 11. The van der Waals surface area contributed by atoms with Gasteiger partial charge in [0, 0.05) is 0 Å². The Hall–Kier alpha value is 0.0900. The van der Waals surface area contributed by atoms with Crippen LogP contribution >= 0.6 is 7.82 Å². The van der Waals surface area contributed by atoms with E-state index in [9.17, 15) is 43.5 Å². The van der Waals surface area contributed by atoms with Gasteiger partial charge in [-0.25, -0.2) is 14.2 Å². The SMILES string of the molecule is O=C(O)CC(O)(CC(=O)OC(=O)CC(O)(CC(=O)OP(=O)(O)O)C(=O)O)C(=O)O.[H-].[H-].[H-].[Na+].[Na+].[Na+]. The molecular formula is C12H18Na3O16P. The van der Waals surface area contributed by atoms with E-state index in [4.69, 9.17) is 25.1 Å². The zero-order chi connectivity index (χ0) is 23.2. The summed E-state index contributed by atoms with van der Waals surface area (Å²) in [5, 5.41) is 45.6. The molecule has 170 valence electrons. The van der Waals surface area contributed by atoms with Crippen molar-refractivity contribution in [3.63, 3.8) is 0 Å². The summed E-state index contributed by atoms with van der Waals surface area (Å²) in [6.07, 6.45) is -6.31. The maximum atomic E-state index is 11.6. The number of rotatable bonds is 11. The standard InChI is InChI=1S/C12H15O16P.3Na.3H/c13-5(14)1-11(22,9(18)19)2-6(15)27-7(16)3-12(23,10(20)21)4-8(17)28-29(24,25)26;;;;;;/h22-23H,1-4H2,(H,13,14)(H,18,19)(H,20,21)(H2,24,25,26);;;;;;/q;3*+1;3*-1. The van der Waals surface area contributed by atoms with Gasteiger partial charge in [-0.2, -0.15) is 0 Å². The van der Waals surface area contributed by atoms with Crippen LogP contribution in [0.2, 0.25) is 0 Å². The molecule has 0 saturated carbocycles. The monoisotopic (exact) mass is 518 g/mol. The average molecular weight is 518 g/mol. The number of carboxylic acid groups (broad SMARTS) is 3. The fourth-order valence-electron chi connectivity index (χ4n) is 1.76. The van der Waals surface area contributed by atoms with Gasteiger partial charge >= 0.3 is 132 Å². The molecule has 7 N–H and O–H groups in total. The van der Waals surface area contributed by atoms with Crippen molar-refractivity contribution in [2.45, 2.75) is 36.9 Å². The zero-order valence-electron chi connectivity index (χ0n) is 20.1. The van der Waals surface area contributed by atoms with Crippen LogP contribution in [0.1, 0.15) is 30.0 Å². The van der Waals surface area contributed by atoms with Gasteiger partial charge < -0.3 is 39.1 Å². The van der Waals surface area contributed by atoms with Gasteiger partial charge in [-0.3, -0.25) is 29.0 Å². The van der Waals surface area contributed by atoms with E-state index in [0.717, 1.165) is 0 Å². The maximum Gasteiger partial charge on any atom is 1.00 e. The van der Waals surface area contributed by atoms with E-state index in [-0.39, 0.29) is 93.0 Å². The summed E-state index contributed by atoms with van der Waals surface area (Å²) in [6, 6.07) is 0. The molecule has 0 amide bonds. The van der Waals surface area contributed by atoms with E-state index in [1.165, 1.54) is 0 Å². The van der Waals surface area contributed by atoms with Crippen LogP contribution in [-0.2, 0) is 42.6 Å². The molecule has 16 nitrogen and oxygen atoms in total. The van der Waals surface area contributed by atoms with Crippen molar-refractivity contribution in [1.82, 2.24) is 0 Å². The Morgan fingerprint density at radius 2 is 1.00 bits per heavy atom. The Labute approximate surface area is 249 Å². The topological polar surface area (TPSA) is 280 Å². The second-order valence-corrected chi connectivity index (χ2v) is 6.74. The minimum absolute atomic E-state index is 0. The first-order chi connectivity index (χ1) is 12.9. The number of carboxylic acids is 3. The van der Waals surface area contributed by atoms with Crippen molar-refractivity contribution in [3.8, 4) is 0 Å². The van der Waals surface area contributed by atoms with E-state index in [1.807, 2.05) is 0 Å². The number of aliphatic hydroxyl groups is 2. The summed E-state index contributed by atoms with van der Waals surface area (Å²) in [6.45, 7) is 0. The first-order valence-corrected chi connectivity index (χ1v) is 8.58. The second kappa shape index (κ2) is 15.9. The van der Waals surface area contributed by atoms with Gasteiger partial charge in [0.05, 0.1) is 25.7 Å². The smallest absolute Gasteiger partial charge is 1.00 e. The maximum absolute atomic E-state index is 11.6. The normalized spacial score (nSPS) is 13.9. The van der Waals surface area contributed by atoms with Gasteiger partial charge in [-0.05, 0) is 0 Å². The van der Waals surface area contributed by atoms with Gasteiger partial charge in [-0.15, -0.1) is 0 Å². The minimum atomic E-state index is -5.39. The van der Waals surface area contributed by atoms with Crippen molar-refractivity contribution < 1.29 is 171 Å². The molecule has 0 spiro atoms. The molecule has 32 heavy (non-hydrogen) atoms. The summed E-state index contributed by atoms with van der Waals surface area (Å²) in [7, 11) is -5.39. The van der Waals surface area contributed by atoms with Crippen LogP contribution in [0.25, 0.3) is 0 Å². The van der Waals surface area contributed by atoms with Crippen LogP contribution in [-0.4, -0.2) is 82.3 Å². The summed E-state index contributed by atoms with van der Waals surface area (Å²) in [4.78, 5) is 83.7. The first kappa shape index (κ1) is 39.3. The molecule has 0 aliphatic rings. The van der Waals surface area contributed by atoms with Crippen molar-refractivity contribution >= 4 is 43.6 Å². The van der Waals surface area contributed by atoms with E-state index in [1.54, 1.807) is 0 Å². The molecule has 2 atom stereocenters. The van der Waals surface area contributed by atoms with E-state index in [0.29, 0.717) is 0 Å². The van der Waals surface area contributed by atoms with E-state index >= 15 is 0 Å². The summed E-state index contributed by atoms with van der Waals surface area (Å²) < 4.78 is 18.0. The Balaban J connectivity index is -0.000000261. The number of carbonyl (C=O) groups excluding carboxylic acids is 3. The molecule has 0 bridgehead atoms. The molecule has 0 aromatic carbocycles. The van der Waals surface area contributed by atoms with Gasteiger partial charge in [0.1, 0.15) is 0 Å². The number of esters is 2. The Morgan fingerprint density at radius 1 is 0.688 bits per heavy atom. The molecule has 0 aromatic rings. The van der Waals surface area contributed by atoms with Crippen LogP contribution in [0.3, 0.4) is 0 Å². The van der Waals surface area contributed by atoms with Crippen molar-refractivity contribution in [3.05, 3.63) is 0 Å². The van der Waals surface area contributed by atoms with Crippen molar-refractivity contribution in [2.75, 3.05) is 0 Å². The molecule has 20 heteroatoms. The predicted molar refractivity (Wildman–Crippen MR) is 83.8 cm³/mol. The molecule has 0 saturated heterocycles. The molecule has 2 unspecified atom stereocenters. The number of phosphoric acid groups is 1. The number of hydrogen-bond donors (Lipinski definition) is 7. The quantitative estimate of drug-likeness (QED) is 0.0578. The zero-order valence-corrected chi connectivity index (χ0v) is 24.0. The number of phosphoric ester groups is 1. The van der Waals surface area contributed by atoms with Gasteiger partial charge in [0.2, 0.25) is 0 Å². The Kier molecular flexibility index (Phi) is 19.5. The minimum Gasteiger partial charge on any atom is -1.00 e. The van der Waals surface area contributed by atoms with Crippen LogP contribution in [0.4, 0.5) is 0 Å². The van der Waals surface area contributed by atoms with E-state index < -0.39 is 80.5 Å². The summed E-state index contributed by atoms with van der Waals surface area (Å²) >= 11 is 0. The molecule has 0 fully saturated rings. The summed E-state index contributed by atoms with van der Waals surface area (Å²) in [5.74, 6) is -11.8. The van der Waals surface area contributed by atoms with Gasteiger partial charge in [-0.1, -0.05) is 0 Å². The Bertz CT molecular complexity index is 795. The Morgan fingerprint density at radius 3 is 1.28 bits per heavy atom. The third-order valence-electron chi connectivity index (χ3n) is 3.00. The number of ether oxygens (including phenoxy) is 1. The third-order valence-corrected chi connectivity index (χ3v) is 3.44. The van der Waals surface area contributed by atoms with Gasteiger partial charge in [0.15, 0.2) is 11.2 Å². The number of aliphatic carboxylic acids is 3. The van der Waals surface area contributed by atoms with Crippen LogP contribution in [0.5, 0.6) is 0 Å². The van der Waals surface area contributed by atoms with Crippen molar-refractivity contribution in [1.29, 1.82) is 0 Å². The molecule has 0 aromatic heterocycles. The molecule has 0 radical (unpaired) electrons. The number of carbonyl (C=O) groups is 6. The van der Waals surface area contributed by atoms with Crippen LogP contribution in [0, 0.1) is 0 Å². The first-order valence-electron chi connectivity index (χ1n) is 7.05. The van der Waals surface area contributed by atoms with Crippen LogP contribution in [0.15, 0.2) is 0 Å². The van der Waals surface area contributed by atoms with Crippen LogP contribution < -0.4 is 88.7 Å². The molecule has 0 heterocycles. The van der Waals surface area contributed by atoms with E-state index in [2.05, 4.69) is 9.26 Å². The molecule has 0 aliphatic carbocycles. The largest absolute Gasteiger partial charge is 1.00 e. The fourth-order valence-corrected chi connectivity index (χ4v) is 2.09. The molecule has 0 rings (SSSR count). The molecule has 0 aliphatic heterocycles. The fraction of sp³-hybridized carbons (Fsp3) is 0.500. The van der Waals surface area contributed by atoms with Crippen molar-refractivity contribution in [2.24, 2.45) is 0 Å². The molecular weight excluding hydrogens is 500 g/mol. The predicted octanol–water partition coefficient (Wildman–Crippen LogP) is -11.7.